The molecule has 1 N–H and O–H groups in total. The summed E-state index contributed by atoms with van der Waals surface area (Å²) in [5.41, 5.74) is 2.16. The Morgan fingerprint density at radius 2 is 1.88 bits per heavy atom. The molecular weight excluding hydrogens is 331 g/mol. The number of halogens is 1. The summed E-state index contributed by atoms with van der Waals surface area (Å²) in [5.74, 6) is 0.833. The molecule has 0 saturated carbocycles. The van der Waals surface area contributed by atoms with Crippen LogP contribution in [0.3, 0.4) is 0 Å². The minimum atomic E-state index is -0.323. The van der Waals surface area contributed by atoms with Crippen LogP contribution in [0.4, 0.5) is 4.39 Å². The molecule has 0 bridgehead atoms. The molecule has 0 unspecified atom stereocenters. The molecular formula is C21H27FN2O2. The quantitative estimate of drug-likeness (QED) is 0.779. The molecule has 1 aliphatic rings. The highest BCUT2D eigenvalue weighted by Gasteiger charge is 2.23. The van der Waals surface area contributed by atoms with E-state index in [0.29, 0.717) is 6.54 Å². The fourth-order valence-corrected chi connectivity index (χ4v) is 3.53. The summed E-state index contributed by atoms with van der Waals surface area (Å²) in [5, 5.41) is 3.49. The van der Waals surface area contributed by atoms with Gasteiger partial charge in [0, 0.05) is 19.1 Å². The Bertz CT molecular complexity index is 717. The lowest BCUT2D eigenvalue weighted by atomic mass is 10.0. The van der Waals surface area contributed by atoms with Crippen LogP contribution < -0.4 is 14.8 Å². The van der Waals surface area contributed by atoms with Crippen molar-refractivity contribution in [1.29, 1.82) is 0 Å². The highest BCUT2D eigenvalue weighted by Crippen LogP contribution is 2.27. The minimum absolute atomic E-state index is 0.278. The maximum absolute atomic E-state index is 13.9. The lowest BCUT2D eigenvalue weighted by Crippen LogP contribution is -2.34. The second kappa shape index (κ2) is 9.01. The van der Waals surface area contributed by atoms with E-state index in [1.165, 1.54) is 31.6 Å². The van der Waals surface area contributed by atoms with E-state index in [-0.39, 0.29) is 17.6 Å². The molecule has 0 aromatic heterocycles. The Kier molecular flexibility index (Phi) is 6.47. The Balaban J connectivity index is 1.67. The van der Waals surface area contributed by atoms with E-state index in [9.17, 15) is 4.39 Å². The topological polar surface area (TPSA) is 33.7 Å². The molecule has 2 aromatic rings. The fraction of sp³-hybridized carbons (Fsp3) is 0.429. The highest BCUT2D eigenvalue weighted by atomic mass is 19.1. The highest BCUT2D eigenvalue weighted by molar-refractivity contribution is 5.31. The summed E-state index contributed by atoms with van der Waals surface area (Å²) >= 11 is 0. The zero-order valence-corrected chi connectivity index (χ0v) is 15.5. The van der Waals surface area contributed by atoms with Crippen molar-refractivity contribution in [1.82, 2.24) is 10.2 Å². The van der Waals surface area contributed by atoms with Gasteiger partial charge in [-0.05, 0) is 61.3 Å². The number of nitrogens with one attached hydrogen (secondary N) is 1. The first kappa shape index (κ1) is 18.7. The molecule has 0 amide bonds. The number of hydrogen-bond acceptors (Lipinski definition) is 4. The average Bonchev–Trinajstić information content (AvgIpc) is 3.20. The molecule has 0 radical (unpaired) electrons. The fourth-order valence-electron chi connectivity index (χ4n) is 3.53. The van der Waals surface area contributed by atoms with Crippen molar-refractivity contribution in [2.45, 2.75) is 25.4 Å². The number of nitrogens with zero attached hydrogens (tertiary/aromatic N) is 1. The molecule has 1 fully saturated rings. The van der Waals surface area contributed by atoms with Crippen molar-refractivity contribution in [2.24, 2.45) is 0 Å². The predicted octanol–water partition coefficient (Wildman–Crippen LogP) is 3.77. The van der Waals surface area contributed by atoms with Gasteiger partial charge in [0.2, 0.25) is 0 Å². The maximum Gasteiger partial charge on any atom is 0.165 e. The second-order valence-electron chi connectivity index (χ2n) is 6.64. The van der Waals surface area contributed by atoms with Crippen molar-refractivity contribution in [3.63, 3.8) is 0 Å². The van der Waals surface area contributed by atoms with Crippen LogP contribution in [0.2, 0.25) is 0 Å². The molecule has 26 heavy (non-hydrogen) atoms. The van der Waals surface area contributed by atoms with Gasteiger partial charge < -0.3 is 14.8 Å². The summed E-state index contributed by atoms with van der Waals surface area (Å²) in [6.45, 7) is 3.65. The number of likely N-dealkylation sites (tertiary alicyclic amines) is 1. The van der Waals surface area contributed by atoms with Gasteiger partial charge in [0.15, 0.2) is 11.6 Å². The van der Waals surface area contributed by atoms with Gasteiger partial charge in [-0.15, -0.1) is 0 Å². The molecule has 1 aliphatic heterocycles. The van der Waals surface area contributed by atoms with Crippen molar-refractivity contribution < 1.29 is 13.9 Å². The van der Waals surface area contributed by atoms with Crippen molar-refractivity contribution >= 4 is 0 Å². The van der Waals surface area contributed by atoms with Gasteiger partial charge in [0.05, 0.1) is 14.2 Å². The van der Waals surface area contributed by atoms with Crippen LogP contribution in [-0.4, -0.2) is 38.8 Å². The van der Waals surface area contributed by atoms with Gasteiger partial charge in [0.25, 0.3) is 0 Å². The summed E-state index contributed by atoms with van der Waals surface area (Å²) in [7, 11) is 3.17. The molecule has 2 aromatic carbocycles. The Morgan fingerprint density at radius 3 is 2.58 bits per heavy atom. The van der Waals surface area contributed by atoms with E-state index in [1.54, 1.807) is 13.2 Å². The first-order chi connectivity index (χ1) is 12.7. The summed E-state index contributed by atoms with van der Waals surface area (Å²) < 4.78 is 24.2. The SMILES string of the molecule is COc1cccc([C@H](CNCc2ccc(OC)c(F)c2)N2CCCC2)c1. The smallest absolute Gasteiger partial charge is 0.165 e. The molecule has 0 spiro atoms. The third kappa shape index (κ3) is 4.54. The number of methoxy groups -OCH3 is 2. The molecule has 140 valence electrons. The van der Waals surface area contributed by atoms with Crippen molar-refractivity contribution in [3.05, 3.63) is 59.4 Å². The molecule has 3 rings (SSSR count). The zero-order valence-electron chi connectivity index (χ0n) is 15.5. The number of rotatable bonds is 8. The minimum Gasteiger partial charge on any atom is -0.497 e. The first-order valence-electron chi connectivity index (χ1n) is 9.12. The molecule has 4 nitrogen and oxygen atoms in total. The van der Waals surface area contributed by atoms with Gasteiger partial charge >= 0.3 is 0 Å². The van der Waals surface area contributed by atoms with Crippen LogP contribution in [0.15, 0.2) is 42.5 Å². The predicted molar refractivity (Wildman–Crippen MR) is 101 cm³/mol. The standard InChI is InChI=1S/C21H27FN2O2/c1-25-18-7-5-6-17(13-18)20(24-10-3-4-11-24)15-23-14-16-8-9-21(26-2)19(22)12-16/h5-9,12-13,20,23H,3-4,10-11,14-15H2,1-2H3/t20-/m0/s1. The maximum atomic E-state index is 13.9. The zero-order chi connectivity index (χ0) is 18.4. The monoisotopic (exact) mass is 358 g/mol. The average molecular weight is 358 g/mol. The van der Waals surface area contributed by atoms with Crippen LogP contribution in [0, 0.1) is 5.82 Å². The Hall–Kier alpha value is -2.11. The van der Waals surface area contributed by atoms with Crippen LogP contribution in [0.5, 0.6) is 11.5 Å². The Morgan fingerprint density at radius 1 is 1.08 bits per heavy atom. The van der Waals surface area contributed by atoms with E-state index in [0.717, 1.165) is 30.9 Å². The van der Waals surface area contributed by atoms with Gasteiger partial charge in [-0.2, -0.15) is 0 Å². The van der Waals surface area contributed by atoms with Crippen LogP contribution in [0.1, 0.15) is 30.0 Å². The van der Waals surface area contributed by atoms with Gasteiger partial charge in [-0.25, -0.2) is 4.39 Å². The number of benzene rings is 2. The molecule has 1 heterocycles. The van der Waals surface area contributed by atoms with E-state index in [2.05, 4.69) is 22.3 Å². The van der Waals surface area contributed by atoms with Gasteiger partial charge in [-0.1, -0.05) is 18.2 Å². The number of hydrogen-bond donors (Lipinski definition) is 1. The number of ether oxygens (including phenoxy) is 2. The van der Waals surface area contributed by atoms with Gasteiger partial charge in [-0.3, -0.25) is 4.90 Å². The van der Waals surface area contributed by atoms with Crippen molar-refractivity contribution in [2.75, 3.05) is 33.9 Å². The van der Waals surface area contributed by atoms with Crippen LogP contribution >= 0.6 is 0 Å². The largest absolute Gasteiger partial charge is 0.497 e. The summed E-state index contributed by atoms with van der Waals surface area (Å²) in [6, 6.07) is 13.7. The van der Waals surface area contributed by atoms with Crippen molar-refractivity contribution in [3.8, 4) is 11.5 Å². The normalized spacial score (nSPS) is 15.8. The van der Waals surface area contributed by atoms with Crippen LogP contribution in [-0.2, 0) is 6.54 Å². The Labute approximate surface area is 154 Å². The first-order valence-corrected chi connectivity index (χ1v) is 9.12. The van der Waals surface area contributed by atoms with E-state index in [1.807, 2.05) is 18.2 Å². The summed E-state index contributed by atoms with van der Waals surface area (Å²) in [6.07, 6.45) is 2.48. The van der Waals surface area contributed by atoms with E-state index >= 15 is 0 Å². The van der Waals surface area contributed by atoms with E-state index in [4.69, 9.17) is 9.47 Å². The lowest BCUT2D eigenvalue weighted by molar-refractivity contribution is 0.238. The third-order valence-corrected chi connectivity index (χ3v) is 4.94. The molecule has 5 heteroatoms. The van der Waals surface area contributed by atoms with Gasteiger partial charge in [0.1, 0.15) is 5.75 Å². The molecule has 0 aliphatic carbocycles. The molecule has 1 atom stereocenters. The molecule has 1 saturated heterocycles. The van der Waals surface area contributed by atoms with E-state index < -0.39 is 0 Å². The lowest BCUT2D eigenvalue weighted by Gasteiger charge is -2.28. The summed E-state index contributed by atoms with van der Waals surface area (Å²) in [4.78, 5) is 2.51. The van der Waals surface area contributed by atoms with Crippen LogP contribution in [0.25, 0.3) is 0 Å². The third-order valence-electron chi connectivity index (χ3n) is 4.94. The second-order valence-corrected chi connectivity index (χ2v) is 6.64.